The summed E-state index contributed by atoms with van der Waals surface area (Å²) >= 11 is 0. The van der Waals surface area contributed by atoms with Crippen LogP contribution >= 0.6 is 7.82 Å². The van der Waals surface area contributed by atoms with Gasteiger partial charge in [0.05, 0.1) is 0 Å². The Hall–Kier alpha value is 0.467. The maximum absolute atomic E-state index is 8.88. The number of hydrogen-bond donors (Lipinski definition) is 6. The van der Waals surface area contributed by atoms with Crippen LogP contribution in [0, 0.1) is 0 Å². The molecule has 0 heterocycles. The first kappa shape index (κ1) is 37.5. The predicted molar refractivity (Wildman–Crippen MR) is 43.3 cm³/mol. The average Bonchev–Trinajstić information content (AvgIpc) is 1.19. The Morgan fingerprint density at radius 1 is 0.846 bits per heavy atom. The molecule has 0 saturated heterocycles. The summed E-state index contributed by atoms with van der Waals surface area (Å²) in [5, 5.41) is 21.5. The Balaban J connectivity index is -0.0000000146. The van der Waals surface area contributed by atoms with E-state index in [4.69, 9.17) is 34.3 Å². The quantitative estimate of drug-likeness (QED) is 0.177. The zero-order valence-corrected chi connectivity index (χ0v) is 8.24. The van der Waals surface area contributed by atoms with Crippen molar-refractivity contribution in [2.75, 3.05) is 0 Å². The van der Waals surface area contributed by atoms with Gasteiger partial charge in [-0.05, 0) is 0 Å². The van der Waals surface area contributed by atoms with Crippen molar-refractivity contribution in [3.8, 4) is 0 Å². The molecule has 0 aliphatic heterocycles. The normalized spacial score (nSPS) is 6.62. The van der Waals surface area contributed by atoms with Gasteiger partial charge in [-0.25, -0.2) is 4.57 Å². The first-order chi connectivity index (χ1) is 3.73. The van der Waals surface area contributed by atoms with E-state index in [9.17, 15) is 0 Å². The van der Waals surface area contributed by atoms with Crippen LogP contribution in [0.1, 0.15) is 0 Å². The molecular formula is H12AlBO10P. The topological polar surface area (TPSA) is 233 Å². The summed E-state index contributed by atoms with van der Waals surface area (Å²) in [6.07, 6.45) is 0. The van der Waals surface area contributed by atoms with Gasteiger partial charge >= 0.3 is 15.1 Å². The van der Waals surface area contributed by atoms with Gasteiger partial charge in [0.2, 0.25) is 0 Å². The summed E-state index contributed by atoms with van der Waals surface area (Å²) in [6.45, 7) is 0. The van der Waals surface area contributed by atoms with Crippen LogP contribution in [-0.4, -0.2) is 70.9 Å². The van der Waals surface area contributed by atoms with Crippen LogP contribution in [0.25, 0.3) is 0 Å². The molecule has 0 unspecified atom stereocenters. The Bertz CT molecular complexity index is 86.1. The monoisotopic (exact) mass is 241 g/mol. The molecule has 0 fully saturated rings. The van der Waals surface area contributed by atoms with E-state index in [2.05, 4.69) is 0 Å². The zero-order valence-electron chi connectivity index (χ0n) is 6.19. The van der Waals surface area contributed by atoms with Crippen LogP contribution in [0.2, 0.25) is 0 Å². The van der Waals surface area contributed by atoms with Crippen LogP contribution in [0.5, 0.6) is 0 Å². The van der Waals surface area contributed by atoms with Gasteiger partial charge in [-0.1, -0.05) is 0 Å². The zero-order chi connectivity index (χ0) is 8.08. The van der Waals surface area contributed by atoms with Gasteiger partial charge < -0.3 is 46.2 Å². The molecule has 13 heavy (non-hydrogen) atoms. The van der Waals surface area contributed by atoms with E-state index in [0.29, 0.717) is 0 Å². The van der Waals surface area contributed by atoms with E-state index in [0.717, 1.165) is 0 Å². The van der Waals surface area contributed by atoms with E-state index in [1.807, 2.05) is 0 Å². The Morgan fingerprint density at radius 3 is 0.846 bits per heavy atom. The van der Waals surface area contributed by atoms with Crippen molar-refractivity contribution >= 4 is 32.5 Å². The molecule has 0 amide bonds. The van der Waals surface area contributed by atoms with Crippen molar-refractivity contribution in [2.24, 2.45) is 0 Å². The molecule has 0 aliphatic rings. The lowest BCUT2D eigenvalue weighted by molar-refractivity contribution is 0.274. The summed E-state index contributed by atoms with van der Waals surface area (Å²) in [6, 6.07) is 0. The van der Waals surface area contributed by atoms with Gasteiger partial charge in [0.25, 0.3) is 0 Å². The summed E-state index contributed by atoms with van der Waals surface area (Å²) in [5.41, 5.74) is 0. The van der Waals surface area contributed by atoms with Crippen molar-refractivity contribution < 1.29 is 50.7 Å². The van der Waals surface area contributed by atoms with E-state index < -0.39 is 15.1 Å². The van der Waals surface area contributed by atoms with E-state index in [1.54, 1.807) is 0 Å². The number of rotatable bonds is 0. The fourth-order valence-electron chi connectivity index (χ4n) is 0. The number of hydrogen-bond acceptors (Lipinski definition) is 4. The summed E-state index contributed by atoms with van der Waals surface area (Å²) in [5.74, 6) is 0. The Morgan fingerprint density at radius 2 is 0.846 bits per heavy atom. The molecule has 3 radical (unpaired) electrons. The molecule has 12 N–H and O–H groups in total. The predicted octanol–water partition coefficient (Wildman–Crippen LogP) is -5.84. The second-order valence-corrected chi connectivity index (χ2v) is 1.89. The largest absolute Gasteiger partial charge is 0.631 e. The van der Waals surface area contributed by atoms with Crippen LogP contribution in [0.15, 0.2) is 0 Å². The minimum absolute atomic E-state index is 0. The lowest BCUT2D eigenvalue weighted by atomic mass is 10.3. The minimum Gasteiger partial charge on any atom is -0.412 e. The van der Waals surface area contributed by atoms with Crippen LogP contribution in [-0.2, 0) is 4.57 Å². The molecule has 0 saturated carbocycles. The first-order valence-electron chi connectivity index (χ1n) is 1.56. The lowest BCUT2D eigenvalue weighted by Gasteiger charge is -1.82. The van der Waals surface area contributed by atoms with Gasteiger partial charge in [-0.2, -0.15) is 0 Å². The third kappa shape index (κ3) is 6250. The van der Waals surface area contributed by atoms with Gasteiger partial charge in [0.1, 0.15) is 0 Å². The fraction of sp³-hybridized carbons (Fsp3) is 0. The van der Waals surface area contributed by atoms with Crippen LogP contribution < -0.4 is 0 Å². The average molecular weight is 241 g/mol. The standard InChI is InChI=1S/Al.BH3O3.H3O4P.3H2O/c;2-1(3)4;1-5(2,3)4;;;/h;2-4H;(H3,1,2,3,4);3*1H2. The minimum atomic E-state index is -4.64. The maximum atomic E-state index is 8.88. The molecule has 10 nitrogen and oxygen atoms in total. The van der Waals surface area contributed by atoms with Crippen molar-refractivity contribution in [1.29, 1.82) is 0 Å². The highest BCUT2D eigenvalue weighted by atomic mass is 31.2. The van der Waals surface area contributed by atoms with Gasteiger partial charge in [0.15, 0.2) is 0 Å². The molecule has 0 atom stereocenters. The first-order valence-corrected chi connectivity index (χ1v) is 3.12. The Kier molecular flexibility index (Phi) is 52.8. The molecule has 83 valence electrons. The van der Waals surface area contributed by atoms with Gasteiger partial charge in [0, 0.05) is 17.4 Å². The highest BCUT2D eigenvalue weighted by Gasteiger charge is 2.00. The van der Waals surface area contributed by atoms with Crippen molar-refractivity contribution in [3.63, 3.8) is 0 Å². The molecule has 0 spiro atoms. The molecule has 0 bridgehead atoms. The number of phosphoric acid groups is 1. The van der Waals surface area contributed by atoms with Gasteiger partial charge in [-0.3, -0.25) is 0 Å². The van der Waals surface area contributed by atoms with E-state index in [1.165, 1.54) is 0 Å². The molecule has 0 rings (SSSR count). The molecule has 0 aliphatic carbocycles. The Labute approximate surface area is 83.9 Å². The van der Waals surface area contributed by atoms with E-state index in [-0.39, 0.29) is 33.8 Å². The SMILES string of the molecule is O.O.O.O=P(O)(O)O.OB(O)O.[Al]. The van der Waals surface area contributed by atoms with Crippen LogP contribution in [0.3, 0.4) is 0 Å². The summed E-state index contributed by atoms with van der Waals surface area (Å²) < 4.78 is 8.88. The second kappa shape index (κ2) is 18.3. The summed E-state index contributed by atoms with van der Waals surface area (Å²) in [4.78, 5) is 21.6. The highest BCUT2D eigenvalue weighted by molar-refractivity contribution is 7.45. The second-order valence-electron chi connectivity index (χ2n) is 0.860. The molecule has 0 aromatic heterocycles. The fourth-order valence-corrected chi connectivity index (χ4v) is 0. The van der Waals surface area contributed by atoms with Crippen molar-refractivity contribution in [2.45, 2.75) is 0 Å². The third-order valence-corrected chi connectivity index (χ3v) is 0. The summed E-state index contributed by atoms with van der Waals surface area (Å²) in [7, 11) is -6.81. The van der Waals surface area contributed by atoms with Crippen LogP contribution in [0.4, 0.5) is 0 Å². The maximum Gasteiger partial charge on any atom is 0.631 e. The third-order valence-electron chi connectivity index (χ3n) is 0. The van der Waals surface area contributed by atoms with Gasteiger partial charge in [-0.15, -0.1) is 0 Å². The van der Waals surface area contributed by atoms with Crippen molar-refractivity contribution in [1.82, 2.24) is 0 Å². The molecule has 13 heteroatoms. The molecule has 0 aromatic carbocycles. The van der Waals surface area contributed by atoms with Crippen molar-refractivity contribution in [3.05, 3.63) is 0 Å². The highest BCUT2D eigenvalue weighted by Crippen LogP contribution is 2.25. The molecular weight excluding hydrogens is 229 g/mol. The van der Waals surface area contributed by atoms with E-state index >= 15 is 0 Å². The molecule has 0 aromatic rings. The lowest BCUT2D eigenvalue weighted by Crippen LogP contribution is -2.07. The smallest absolute Gasteiger partial charge is 0.412 e.